The molecule has 0 bridgehead atoms. The van der Waals surface area contributed by atoms with Crippen molar-refractivity contribution in [1.29, 1.82) is 5.26 Å². The molecule has 0 saturated heterocycles. The Kier molecular flexibility index (Phi) is 4.66. The number of hydrogen-bond donors (Lipinski definition) is 0. The molecule has 0 N–H and O–H groups in total. The molecular weight excluding hydrogens is 278 g/mol. The van der Waals surface area contributed by atoms with Crippen LogP contribution in [-0.2, 0) is 6.42 Å². The van der Waals surface area contributed by atoms with E-state index in [1.54, 1.807) is 0 Å². The van der Waals surface area contributed by atoms with E-state index in [1.807, 2.05) is 66.7 Å². The number of nitriles is 1. The van der Waals surface area contributed by atoms with Crippen LogP contribution in [0.4, 0.5) is 0 Å². The molecule has 0 aliphatic carbocycles. The van der Waals surface area contributed by atoms with Crippen LogP contribution in [0.2, 0.25) is 0 Å². The summed E-state index contributed by atoms with van der Waals surface area (Å²) in [6.45, 7) is 0. The highest BCUT2D eigenvalue weighted by atomic mass is 14.3. The molecule has 110 valence electrons. The molecule has 1 heteroatoms. The van der Waals surface area contributed by atoms with Gasteiger partial charge in [-0.3, -0.25) is 0 Å². The summed E-state index contributed by atoms with van der Waals surface area (Å²) < 4.78 is 0. The minimum absolute atomic E-state index is 0.737. The van der Waals surface area contributed by atoms with E-state index in [2.05, 4.69) is 30.3 Å². The Labute approximate surface area is 137 Å². The topological polar surface area (TPSA) is 23.8 Å². The monoisotopic (exact) mass is 295 g/mol. The van der Waals surface area contributed by atoms with Crippen LogP contribution in [0.1, 0.15) is 16.7 Å². The van der Waals surface area contributed by atoms with Crippen LogP contribution in [-0.4, -0.2) is 0 Å². The second-order valence-corrected chi connectivity index (χ2v) is 5.36. The molecule has 0 atom stereocenters. The molecule has 0 aliphatic heterocycles. The molecule has 0 amide bonds. The SMILES string of the molecule is N#C/C(=C(/Cc1ccccc1)c1ccccc1)c1ccccc1. The summed E-state index contributed by atoms with van der Waals surface area (Å²) in [5.74, 6) is 0. The van der Waals surface area contributed by atoms with Gasteiger partial charge in [0.1, 0.15) is 6.07 Å². The molecule has 0 unspecified atom stereocenters. The van der Waals surface area contributed by atoms with Crippen molar-refractivity contribution in [3.8, 4) is 6.07 Å². The third kappa shape index (κ3) is 3.56. The molecule has 3 aromatic rings. The summed E-state index contributed by atoms with van der Waals surface area (Å²) in [5.41, 5.74) is 5.06. The summed E-state index contributed by atoms with van der Waals surface area (Å²) >= 11 is 0. The molecule has 1 nitrogen and oxygen atoms in total. The van der Waals surface area contributed by atoms with Gasteiger partial charge in [-0.05, 0) is 28.7 Å². The first kappa shape index (κ1) is 14.8. The zero-order valence-electron chi connectivity index (χ0n) is 12.8. The van der Waals surface area contributed by atoms with Crippen molar-refractivity contribution in [2.75, 3.05) is 0 Å². The van der Waals surface area contributed by atoms with Crippen molar-refractivity contribution in [1.82, 2.24) is 0 Å². The fourth-order valence-electron chi connectivity index (χ4n) is 2.69. The van der Waals surface area contributed by atoms with Crippen molar-refractivity contribution >= 4 is 11.1 Å². The van der Waals surface area contributed by atoms with Gasteiger partial charge < -0.3 is 0 Å². The maximum Gasteiger partial charge on any atom is 0.100 e. The smallest absolute Gasteiger partial charge is 0.100 e. The van der Waals surface area contributed by atoms with Gasteiger partial charge in [-0.25, -0.2) is 0 Å². The minimum atomic E-state index is 0.737. The van der Waals surface area contributed by atoms with E-state index in [9.17, 15) is 5.26 Å². The molecule has 0 fully saturated rings. The van der Waals surface area contributed by atoms with Gasteiger partial charge in [0.15, 0.2) is 0 Å². The maximum absolute atomic E-state index is 9.78. The summed E-state index contributed by atoms with van der Waals surface area (Å²) in [7, 11) is 0. The van der Waals surface area contributed by atoms with Gasteiger partial charge in [-0.2, -0.15) is 5.26 Å². The number of benzene rings is 3. The van der Waals surface area contributed by atoms with Crippen molar-refractivity contribution in [3.05, 3.63) is 108 Å². The second-order valence-electron chi connectivity index (χ2n) is 5.36. The lowest BCUT2D eigenvalue weighted by atomic mass is 9.91. The van der Waals surface area contributed by atoms with Crippen LogP contribution in [0.25, 0.3) is 11.1 Å². The molecule has 0 heterocycles. The van der Waals surface area contributed by atoms with E-state index in [-0.39, 0.29) is 0 Å². The third-order valence-electron chi connectivity index (χ3n) is 3.82. The van der Waals surface area contributed by atoms with Gasteiger partial charge in [-0.15, -0.1) is 0 Å². The lowest BCUT2D eigenvalue weighted by molar-refractivity contribution is 1.28. The van der Waals surface area contributed by atoms with Gasteiger partial charge in [0.05, 0.1) is 5.57 Å². The number of hydrogen-bond acceptors (Lipinski definition) is 1. The Bertz CT molecular complexity index is 825. The van der Waals surface area contributed by atoms with Crippen molar-refractivity contribution in [3.63, 3.8) is 0 Å². The zero-order chi connectivity index (χ0) is 15.9. The first-order valence-electron chi connectivity index (χ1n) is 7.66. The zero-order valence-corrected chi connectivity index (χ0v) is 12.8. The normalized spacial score (nSPS) is 11.4. The first-order valence-corrected chi connectivity index (χ1v) is 7.66. The van der Waals surface area contributed by atoms with Crippen molar-refractivity contribution in [2.24, 2.45) is 0 Å². The van der Waals surface area contributed by atoms with E-state index in [0.717, 1.165) is 28.7 Å². The van der Waals surface area contributed by atoms with Crippen LogP contribution in [0, 0.1) is 11.3 Å². The van der Waals surface area contributed by atoms with Crippen LogP contribution >= 0.6 is 0 Å². The van der Waals surface area contributed by atoms with Gasteiger partial charge in [0.25, 0.3) is 0 Å². The van der Waals surface area contributed by atoms with E-state index in [4.69, 9.17) is 0 Å². The van der Waals surface area contributed by atoms with E-state index in [1.165, 1.54) is 5.56 Å². The summed E-state index contributed by atoms with van der Waals surface area (Å²) in [5, 5.41) is 9.78. The van der Waals surface area contributed by atoms with Gasteiger partial charge in [-0.1, -0.05) is 91.0 Å². The minimum Gasteiger partial charge on any atom is -0.192 e. The average Bonchev–Trinajstić information content (AvgIpc) is 2.64. The Hall–Kier alpha value is -3.11. The second kappa shape index (κ2) is 7.24. The Balaban J connectivity index is 2.15. The number of allylic oxidation sites excluding steroid dienone is 2. The Morgan fingerprint density at radius 1 is 0.652 bits per heavy atom. The standard InChI is InChI=1S/C22H17N/c23-17-22(20-14-8-3-9-15-20)21(19-12-6-2-7-13-19)16-18-10-4-1-5-11-18/h1-15H,16H2/b22-21+. The molecule has 3 aromatic carbocycles. The Morgan fingerprint density at radius 3 is 1.65 bits per heavy atom. The van der Waals surface area contributed by atoms with Crippen LogP contribution in [0.15, 0.2) is 91.0 Å². The van der Waals surface area contributed by atoms with Crippen molar-refractivity contribution < 1.29 is 0 Å². The fourth-order valence-corrected chi connectivity index (χ4v) is 2.69. The van der Waals surface area contributed by atoms with E-state index >= 15 is 0 Å². The highest BCUT2D eigenvalue weighted by Gasteiger charge is 2.12. The van der Waals surface area contributed by atoms with E-state index < -0.39 is 0 Å². The van der Waals surface area contributed by atoms with Gasteiger partial charge in [0.2, 0.25) is 0 Å². The van der Waals surface area contributed by atoms with E-state index in [0.29, 0.717) is 0 Å². The predicted octanol–water partition coefficient (Wildman–Crippen LogP) is 5.36. The quantitative estimate of drug-likeness (QED) is 0.469. The lowest BCUT2D eigenvalue weighted by Gasteiger charge is -2.12. The molecule has 0 aliphatic rings. The highest BCUT2D eigenvalue weighted by Crippen LogP contribution is 2.29. The van der Waals surface area contributed by atoms with Gasteiger partial charge >= 0.3 is 0 Å². The average molecular weight is 295 g/mol. The summed E-state index contributed by atoms with van der Waals surface area (Å²) in [6, 6.07) is 32.8. The van der Waals surface area contributed by atoms with Crippen molar-refractivity contribution in [2.45, 2.75) is 6.42 Å². The third-order valence-corrected chi connectivity index (χ3v) is 3.82. The molecule has 0 radical (unpaired) electrons. The summed E-state index contributed by atoms with van der Waals surface area (Å²) in [6.07, 6.45) is 0.739. The molecular formula is C22H17N. The van der Waals surface area contributed by atoms with Crippen LogP contribution < -0.4 is 0 Å². The number of rotatable bonds is 4. The molecule has 0 saturated carbocycles. The molecule has 0 aromatic heterocycles. The first-order chi connectivity index (χ1) is 11.4. The fraction of sp³-hybridized carbons (Fsp3) is 0.0455. The molecule has 23 heavy (non-hydrogen) atoms. The predicted molar refractivity (Wildman–Crippen MR) is 95.5 cm³/mol. The van der Waals surface area contributed by atoms with Crippen LogP contribution in [0.3, 0.4) is 0 Å². The molecule has 0 spiro atoms. The summed E-state index contributed by atoms with van der Waals surface area (Å²) in [4.78, 5) is 0. The highest BCUT2D eigenvalue weighted by molar-refractivity contribution is 5.97. The Morgan fingerprint density at radius 2 is 1.13 bits per heavy atom. The largest absolute Gasteiger partial charge is 0.192 e. The lowest BCUT2D eigenvalue weighted by Crippen LogP contribution is -1.96. The molecule has 3 rings (SSSR count). The maximum atomic E-state index is 9.78. The number of nitrogens with zero attached hydrogens (tertiary/aromatic N) is 1. The van der Waals surface area contributed by atoms with Gasteiger partial charge in [0, 0.05) is 0 Å². The van der Waals surface area contributed by atoms with Crippen LogP contribution in [0.5, 0.6) is 0 Å².